The van der Waals surface area contributed by atoms with Crippen LogP contribution in [0.2, 0.25) is 0 Å². The fourth-order valence-electron chi connectivity index (χ4n) is 3.22. The van der Waals surface area contributed by atoms with E-state index in [1.807, 2.05) is 0 Å². The molecule has 2 saturated heterocycles. The van der Waals surface area contributed by atoms with Gasteiger partial charge in [-0.05, 0) is 46.6 Å². The summed E-state index contributed by atoms with van der Waals surface area (Å²) in [5.41, 5.74) is 0. The van der Waals surface area contributed by atoms with Crippen molar-refractivity contribution >= 4 is 33.2 Å². The zero-order chi connectivity index (χ0) is 12.0. The van der Waals surface area contributed by atoms with Crippen molar-refractivity contribution < 1.29 is 9.90 Å². The number of rotatable bonds is 3. The molecule has 1 aromatic rings. The van der Waals surface area contributed by atoms with Gasteiger partial charge in [-0.1, -0.05) is 0 Å². The van der Waals surface area contributed by atoms with Gasteiger partial charge >= 0.3 is 5.97 Å². The van der Waals surface area contributed by atoms with E-state index in [2.05, 4.69) is 32.3 Å². The van der Waals surface area contributed by atoms with Gasteiger partial charge in [-0.15, -0.1) is 11.3 Å². The average Bonchev–Trinajstić information content (AvgIpc) is 2.96. The predicted molar refractivity (Wildman–Crippen MR) is 70.1 cm³/mol. The predicted octanol–water partition coefficient (Wildman–Crippen LogP) is 2.95. The number of fused-ring (bicyclic) bond motifs is 2. The molecule has 5 heteroatoms. The summed E-state index contributed by atoms with van der Waals surface area (Å²) in [6, 6.07) is 2.80. The number of nitrogens with zero attached hydrogens (tertiary/aromatic N) is 1. The Morgan fingerprint density at radius 3 is 3.00 bits per heavy atom. The highest BCUT2D eigenvalue weighted by Crippen LogP contribution is 2.43. The Morgan fingerprint density at radius 2 is 2.41 bits per heavy atom. The van der Waals surface area contributed by atoms with Crippen LogP contribution in [0.4, 0.5) is 0 Å². The molecule has 3 rings (SSSR count). The van der Waals surface area contributed by atoms with E-state index in [0.29, 0.717) is 6.04 Å². The molecule has 0 amide bonds. The standard InChI is InChI=1S/C12H14BrNO2S/c13-9-3-4-17-11(9)6-14-7-1-2-10(14)8(5-7)12(15)16/h3-4,7-8,10H,1-2,5-6H2,(H,15,16). The second-order valence-corrected chi connectivity index (χ2v) is 6.70. The number of carboxylic acid groups (broad SMARTS) is 1. The highest BCUT2D eigenvalue weighted by molar-refractivity contribution is 9.10. The summed E-state index contributed by atoms with van der Waals surface area (Å²) >= 11 is 5.29. The first-order valence-electron chi connectivity index (χ1n) is 5.87. The van der Waals surface area contributed by atoms with Crippen LogP contribution in [0.5, 0.6) is 0 Å². The van der Waals surface area contributed by atoms with Gasteiger partial charge in [-0.25, -0.2) is 0 Å². The fourth-order valence-corrected chi connectivity index (χ4v) is 4.70. The third kappa shape index (κ3) is 1.94. The minimum absolute atomic E-state index is 0.146. The summed E-state index contributed by atoms with van der Waals surface area (Å²) < 4.78 is 1.15. The largest absolute Gasteiger partial charge is 0.481 e. The normalized spacial score (nSPS) is 32.2. The summed E-state index contributed by atoms with van der Waals surface area (Å²) in [7, 11) is 0. The second-order valence-electron chi connectivity index (χ2n) is 4.84. The van der Waals surface area contributed by atoms with E-state index < -0.39 is 5.97 Å². The molecule has 3 unspecified atom stereocenters. The maximum absolute atomic E-state index is 11.2. The van der Waals surface area contributed by atoms with Crippen molar-refractivity contribution in [2.75, 3.05) is 0 Å². The summed E-state index contributed by atoms with van der Waals surface area (Å²) in [5.74, 6) is -0.764. The second kappa shape index (κ2) is 4.37. The Kier molecular flexibility index (Phi) is 3.00. The fraction of sp³-hybridized carbons (Fsp3) is 0.583. The van der Waals surface area contributed by atoms with Crippen LogP contribution in [0.3, 0.4) is 0 Å². The summed E-state index contributed by atoms with van der Waals surface area (Å²) in [4.78, 5) is 14.9. The van der Waals surface area contributed by atoms with E-state index in [9.17, 15) is 9.90 Å². The third-order valence-electron chi connectivity index (χ3n) is 4.02. The van der Waals surface area contributed by atoms with Crippen molar-refractivity contribution in [2.24, 2.45) is 5.92 Å². The lowest BCUT2D eigenvalue weighted by atomic mass is 9.89. The smallest absolute Gasteiger partial charge is 0.308 e. The number of hydrogen-bond donors (Lipinski definition) is 1. The van der Waals surface area contributed by atoms with Gasteiger partial charge in [0.1, 0.15) is 0 Å². The van der Waals surface area contributed by atoms with Crippen LogP contribution in [0.1, 0.15) is 24.1 Å². The molecule has 1 aromatic heterocycles. The first-order valence-corrected chi connectivity index (χ1v) is 7.54. The zero-order valence-corrected chi connectivity index (χ0v) is 11.7. The summed E-state index contributed by atoms with van der Waals surface area (Å²) in [6.45, 7) is 0.900. The Labute approximate surface area is 113 Å². The minimum Gasteiger partial charge on any atom is -0.481 e. The van der Waals surface area contributed by atoms with E-state index in [-0.39, 0.29) is 12.0 Å². The minimum atomic E-state index is -0.618. The summed E-state index contributed by atoms with van der Waals surface area (Å²) in [6.07, 6.45) is 3.05. The van der Waals surface area contributed by atoms with E-state index >= 15 is 0 Å². The third-order valence-corrected chi connectivity index (χ3v) is 5.93. The molecule has 0 saturated carbocycles. The number of carbonyl (C=O) groups is 1. The van der Waals surface area contributed by atoms with Gasteiger partial charge in [0.25, 0.3) is 0 Å². The molecular formula is C12H14BrNO2S. The van der Waals surface area contributed by atoms with Gasteiger partial charge in [0.2, 0.25) is 0 Å². The first-order chi connectivity index (χ1) is 8.16. The summed E-state index contributed by atoms with van der Waals surface area (Å²) in [5, 5.41) is 11.3. The van der Waals surface area contributed by atoms with Gasteiger partial charge in [0.15, 0.2) is 0 Å². The molecule has 0 radical (unpaired) electrons. The van der Waals surface area contributed by atoms with Crippen molar-refractivity contribution in [1.29, 1.82) is 0 Å². The van der Waals surface area contributed by atoms with Gasteiger partial charge in [0, 0.05) is 28.0 Å². The molecule has 0 spiro atoms. The quantitative estimate of drug-likeness (QED) is 0.932. The highest BCUT2D eigenvalue weighted by atomic mass is 79.9. The van der Waals surface area contributed by atoms with Crippen LogP contribution < -0.4 is 0 Å². The molecule has 3 heterocycles. The Bertz CT molecular complexity index is 447. The van der Waals surface area contributed by atoms with Crippen molar-refractivity contribution in [3.05, 3.63) is 20.8 Å². The zero-order valence-electron chi connectivity index (χ0n) is 9.30. The number of thiophene rings is 1. The molecule has 1 N–H and O–H groups in total. The Morgan fingerprint density at radius 1 is 1.59 bits per heavy atom. The maximum atomic E-state index is 11.2. The number of aliphatic carboxylic acids is 1. The molecule has 2 fully saturated rings. The molecule has 17 heavy (non-hydrogen) atoms. The molecule has 2 bridgehead atoms. The molecule has 0 aliphatic carbocycles. The van der Waals surface area contributed by atoms with Crippen LogP contribution in [-0.2, 0) is 11.3 Å². The van der Waals surface area contributed by atoms with Crippen molar-refractivity contribution in [3.8, 4) is 0 Å². The first kappa shape index (κ1) is 11.7. The van der Waals surface area contributed by atoms with E-state index in [1.165, 1.54) is 4.88 Å². The lowest BCUT2D eigenvalue weighted by Crippen LogP contribution is -2.32. The van der Waals surface area contributed by atoms with Crippen LogP contribution in [0.25, 0.3) is 0 Å². The van der Waals surface area contributed by atoms with Crippen molar-refractivity contribution in [1.82, 2.24) is 4.90 Å². The van der Waals surface area contributed by atoms with Crippen LogP contribution in [-0.4, -0.2) is 28.1 Å². The highest BCUT2D eigenvalue weighted by Gasteiger charge is 2.49. The SMILES string of the molecule is O=C(O)C1CC2CCC1N2Cc1sccc1Br. The van der Waals surface area contributed by atoms with Crippen LogP contribution in [0, 0.1) is 5.92 Å². The molecule has 3 atom stereocenters. The van der Waals surface area contributed by atoms with Crippen LogP contribution in [0.15, 0.2) is 15.9 Å². The van der Waals surface area contributed by atoms with Crippen LogP contribution >= 0.6 is 27.3 Å². The van der Waals surface area contributed by atoms with E-state index in [1.54, 1.807) is 11.3 Å². The molecule has 0 aromatic carbocycles. The van der Waals surface area contributed by atoms with E-state index in [0.717, 1.165) is 30.3 Å². The van der Waals surface area contributed by atoms with Gasteiger partial charge in [-0.2, -0.15) is 0 Å². The monoisotopic (exact) mass is 315 g/mol. The van der Waals surface area contributed by atoms with E-state index in [4.69, 9.17) is 0 Å². The number of carboxylic acids is 1. The van der Waals surface area contributed by atoms with Crippen molar-refractivity contribution in [3.63, 3.8) is 0 Å². The molecular weight excluding hydrogens is 302 g/mol. The molecule has 92 valence electrons. The Balaban J connectivity index is 1.77. The lowest BCUT2D eigenvalue weighted by Gasteiger charge is -2.22. The molecule has 2 aliphatic heterocycles. The number of halogens is 1. The maximum Gasteiger partial charge on any atom is 0.308 e. The van der Waals surface area contributed by atoms with Gasteiger partial charge in [-0.3, -0.25) is 9.69 Å². The molecule has 2 aliphatic rings. The van der Waals surface area contributed by atoms with Gasteiger partial charge in [0.05, 0.1) is 5.92 Å². The van der Waals surface area contributed by atoms with Crippen molar-refractivity contribution in [2.45, 2.75) is 37.9 Å². The average molecular weight is 316 g/mol. The Hall–Kier alpha value is -0.390. The number of hydrogen-bond acceptors (Lipinski definition) is 3. The topological polar surface area (TPSA) is 40.5 Å². The molecule has 3 nitrogen and oxygen atoms in total. The lowest BCUT2D eigenvalue weighted by molar-refractivity contribution is -0.142. The van der Waals surface area contributed by atoms with Gasteiger partial charge < -0.3 is 5.11 Å².